The van der Waals surface area contributed by atoms with Crippen molar-refractivity contribution in [2.75, 3.05) is 13.1 Å². The first-order valence-electron chi connectivity index (χ1n) is 6.67. The number of carbonyl (C=O) groups is 1. The van der Waals surface area contributed by atoms with Gasteiger partial charge in [-0.1, -0.05) is 31.2 Å². The number of halogens is 1. The van der Waals surface area contributed by atoms with Crippen LogP contribution in [0.1, 0.15) is 43.2 Å². The summed E-state index contributed by atoms with van der Waals surface area (Å²) in [5, 5.41) is 2.94. The van der Waals surface area contributed by atoms with Gasteiger partial charge in [0.15, 0.2) is 0 Å². The minimum absolute atomic E-state index is 0. The van der Waals surface area contributed by atoms with E-state index in [2.05, 4.69) is 31.3 Å². The van der Waals surface area contributed by atoms with Crippen molar-refractivity contribution in [2.45, 2.75) is 39.0 Å². The summed E-state index contributed by atoms with van der Waals surface area (Å²) in [4.78, 5) is 11.8. The minimum atomic E-state index is 0. The van der Waals surface area contributed by atoms with Crippen LogP contribution in [0.4, 0.5) is 0 Å². The van der Waals surface area contributed by atoms with E-state index in [1.54, 1.807) is 0 Å². The van der Waals surface area contributed by atoms with E-state index in [1.807, 2.05) is 12.1 Å². The molecule has 0 saturated heterocycles. The van der Waals surface area contributed by atoms with Crippen molar-refractivity contribution in [1.29, 1.82) is 0 Å². The molecule has 0 fully saturated rings. The summed E-state index contributed by atoms with van der Waals surface area (Å²) in [7, 11) is 0. The van der Waals surface area contributed by atoms with Crippen molar-refractivity contribution >= 4 is 18.3 Å². The first-order valence-corrected chi connectivity index (χ1v) is 6.67. The second-order valence-corrected chi connectivity index (χ2v) is 4.81. The summed E-state index contributed by atoms with van der Waals surface area (Å²) < 4.78 is 0. The lowest BCUT2D eigenvalue weighted by Crippen LogP contribution is -2.26. The molecule has 1 aromatic rings. The highest BCUT2D eigenvalue weighted by molar-refractivity contribution is 5.85. The van der Waals surface area contributed by atoms with Crippen LogP contribution in [0.25, 0.3) is 0 Å². The Bertz CT molecular complexity index is 382. The molecular formula is C15H25ClN2O. The molecule has 19 heavy (non-hydrogen) atoms. The molecule has 0 aromatic heterocycles. The summed E-state index contributed by atoms with van der Waals surface area (Å²) in [5.41, 5.74) is 7.92. The summed E-state index contributed by atoms with van der Waals surface area (Å²) in [6, 6.07) is 8.24. The largest absolute Gasteiger partial charge is 0.356 e. The fraction of sp³-hybridized carbons (Fsp3) is 0.533. The van der Waals surface area contributed by atoms with Crippen molar-refractivity contribution in [3.8, 4) is 0 Å². The van der Waals surface area contributed by atoms with Crippen LogP contribution < -0.4 is 11.1 Å². The maximum Gasteiger partial charge on any atom is 0.220 e. The Morgan fingerprint density at radius 1 is 1.32 bits per heavy atom. The average molecular weight is 285 g/mol. The molecule has 1 rings (SSSR count). The van der Waals surface area contributed by atoms with E-state index in [0.29, 0.717) is 13.0 Å². The van der Waals surface area contributed by atoms with Gasteiger partial charge in [0.2, 0.25) is 5.91 Å². The number of hydrogen-bond donors (Lipinski definition) is 2. The number of carbonyl (C=O) groups excluding carboxylic acids is 1. The molecule has 3 N–H and O–H groups in total. The van der Waals surface area contributed by atoms with E-state index in [9.17, 15) is 4.79 Å². The molecule has 4 heteroatoms. The standard InChI is InChI=1S/C15H24N2O.ClH/c1-12-7-3-4-8-14(12)13(2)11-15(18)17-10-6-5-9-16;/h3-4,7-8,13H,5-6,9-11,16H2,1-2H3,(H,17,18);1H. The van der Waals surface area contributed by atoms with E-state index in [-0.39, 0.29) is 24.2 Å². The van der Waals surface area contributed by atoms with Gasteiger partial charge in [0.1, 0.15) is 0 Å². The second-order valence-electron chi connectivity index (χ2n) is 4.81. The third-order valence-corrected chi connectivity index (χ3v) is 3.16. The normalized spacial score (nSPS) is 11.5. The number of rotatable bonds is 7. The van der Waals surface area contributed by atoms with Gasteiger partial charge in [0.05, 0.1) is 0 Å². The van der Waals surface area contributed by atoms with Crippen LogP contribution in [0.2, 0.25) is 0 Å². The minimum Gasteiger partial charge on any atom is -0.356 e. The van der Waals surface area contributed by atoms with E-state index < -0.39 is 0 Å². The fourth-order valence-electron chi connectivity index (χ4n) is 2.10. The number of benzene rings is 1. The molecule has 1 atom stereocenters. The summed E-state index contributed by atoms with van der Waals surface area (Å²) in [5.74, 6) is 0.392. The molecule has 0 aliphatic heterocycles. The smallest absolute Gasteiger partial charge is 0.220 e. The van der Waals surface area contributed by atoms with E-state index in [4.69, 9.17) is 5.73 Å². The van der Waals surface area contributed by atoms with Crippen LogP contribution in [-0.4, -0.2) is 19.0 Å². The maximum absolute atomic E-state index is 11.8. The number of nitrogens with one attached hydrogen (secondary N) is 1. The van der Waals surface area contributed by atoms with Crippen LogP contribution in [0.3, 0.4) is 0 Å². The zero-order chi connectivity index (χ0) is 13.4. The Hall–Kier alpha value is -1.06. The maximum atomic E-state index is 11.8. The Labute approximate surface area is 122 Å². The van der Waals surface area contributed by atoms with Crippen LogP contribution in [-0.2, 0) is 4.79 Å². The first kappa shape index (κ1) is 17.9. The Balaban J connectivity index is 0.00000324. The highest BCUT2D eigenvalue weighted by Crippen LogP contribution is 2.21. The highest BCUT2D eigenvalue weighted by atomic mass is 35.5. The molecule has 108 valence electrons. The molecule has 3 nitrogen and oxygen atoms in total. The van der Waals surface area contributed by atoms with E-state index >= 15 is 0 Å². The SMILES string of the molecule is Cc1ccccc1C(C)CC(=O)NCCCCN.Cl. The van der Waals surface area contributed by atoms with Crippen LogP contribution in [0.5, 0.6) is 0 Å². The zero-order valence-corrected chi connectivity index (χ0v) is 12.6. The zero-order valence-electron chi connectivity index (χ0n) is 11.8. The van der Waals surface area contributed by atoms with Crippen molar-refractivity contribution < 1.29 is 4.79 Å². The lowest BCUT2D eigenvalue weighted by atomic mass is 9.93. The monoisotopic (exact) mass is 284 g/mol. The third kappa shape index (κ3) is 6.60. The van der Waals surface area contributed by atoms with Crippen molar-refractivity contribution in [1.82, 2.24) is 5.32 Å². The highest BCUT2D eigenvalue weighted by Gasteiger charge is 2.12. The molecule has 0 radical (unpaired) electrons. The molecular weight excluding hydrogens is 260 g/mol. The fourth-order valence-corrected chi connectivity index (χ4v) is 2.10. The second kappa shape index (κ2) is 9.82. The number of nitrogens with two attached hydrogens (primary N) is 1. The quantitative estimate of drug-likeness (QED) is 0.757. The van der Waals surface area contributed by atoms with Crippen LogP contribution >= 0.6 is 12.4 Å². The van der Waals surface area contributed by atoms with Gasteiger partial charge in [-0.3, -0.25) is 4.79 Å². The molecule has 1 unspecified atom stereocenters. The summed E-state index contributed by atoms with van der Waals surface area (Å²) in [6.45, 7) is 5.61. The van der Waals surface area contributed by atoms with Gasteiger partial charge >= 0.3 is 0 Å². The Morgan fingerprint density at radius 3 is 2.63 bits per heavy atom. The van der Waals surface area contributed by atoms with Gasteiger partial charge in [0, 0.05) is 13.0 Å². The number of hydrogen-bond acceptors (Lipinski definition) is 2. The predicted molar refractivity (Wildman–Crippen MR) is 82.8 cm³/mol. The average Bonchev–Trinajstić information content (AvgIpc) is 2.35. The molecule has 1 aromatic carbocycles. The van der Waals surface area contributed by atoms with Crippen molar-refractivity contribution in [3.05, 3.63) is 35.4 Å². The molecule has 1 amide bonds. The van der Waals surface area contributed by atoms with Crippen LogP contribution in [0.15, 0.2) is 24.3 Å². The molecule has 0 aliphatic carbocycles. The summed E-state index contributed by atoms with van der Waals surface area (Å²) in [6.07, 6.45) is 2.47. The van der Waals surface area contributed by atoms with Crippen molar-refractivity contribution in [3.63, 3.8) is 0 Å². The predicted octanol–water partition coefficient (Wildman–Crippen LogP) is 2.77. The van der Waals surface area contributed by atoms with Crippen LogP contribution in [0, 0.1) is 6.92 Å². The van der Waals surface area contributed by atoms with Gasteiger partial charge in [-0.25, -0.2) is 0 Å². The number of unbranched alkanes of at least 4 members (excludes halogenated alkanes) is 1. The van der Waals surface area contributed by atoms with E-state index in [1.165, 1.54) is 11.1 Å². The molecule has 0 bridgehead atoms. The number of aryl methyl sites for hydroxylation is 1. The van der Waals surface area contributed by atoms with Gasteiger partial charge in [-0.15, -0.1) is 12.4 Å². The lowest BCUT2D eigenvalue weighted by Gasteiger charge is -2.14. The molecule has 0 spiro atoms. The molecule has 0 saturated carbocycles. The molecule has 0 aliphatic rings. The summed E-state index contributed by atoms with van der Waals surface area (Å²) >= 11 is 0. The third-order valence-electron chi connectivity index (χ3n) is 3.16. The van der Waals surface area contributed by atoms with E-state index in [0.717, 1.165) is 19.4 Å². The number of amides is 1. The molecule has 0 heterocycles. The Morgan fingerprint density at radius 2 is 2.00 bits per heavy atom. The van der Waals surface area contributed by atoms with Gasteiger partial charge in [0.25, 0.3) is 0 Å². The van der Waals surface area contributed by atoms with Gasteiger partial charge < -0.3 is 11.1 Å². The topological polar surface area (TPSA) is 55.1 Å². The Kier molecular flexibility index (Phi) is 9.27. The van der Waals surface area contributed by atoms with Crippen molar-refractivity contribution in [2.24, 2.45) is 5.73 Å². The van der Waals surface area contributed by atoms with Gasteiger partial charge in [-0.2, -0.15) is 0 Å². The first-order chi connectivity index (χ1) is 8.65. The lowest BCUT2D eigenvalue weighted by molar-refractivity contribution is -0.121. The van der Waals surface area contributed by atoms with Gasteiger partial charge in [-0.05, 0) is 43.4 Å².